The Labute approximate surface area is 130 Å². The molecule has 126 valence electrons. The fourth-order valence-electron chi connectivity index (χ4n) is 1.62. The number of hydrogen-bond donors (Lipinski definition) is 3. The van der Waals surface area contributed by atoms with Crippen molar-refractivity contribution in [3.63, 3.8) is 0 Å². The van der Waals surface area contributed by atoms with Crippen molar-refractivity contribution >= 4 is 17.4 Å². The summed E-state index contributed by atoms with van der Waals surface area (Å²) in [5.41, 5.74) is -0.949. The van der Waals surface area contributed by atoms with Gasteiger partial charge in [0.2, 0.25) is 0 Å². The maximum absolute atomic E-state index is 12.6. The lowest BCUT2D eigenvalue weighted by molar-refractivity contribution is -0.140. The predicted octanol–water partition coefficient (Wildman–Crippen LogP) is 2.93. The number of aliphatic hydroxyl groups excluding tert-OH is 1. The monoisotopic (exact) mass is 339 g/mol. The number of aliphatic hydroxyl groups is 1. The normalized spacial score (nSPS) is 16.0. The van der Waals surface area contributed by atoms with Crippen molar-refractivity contribution in [3.05, 3.63) is 16.1 Å². The SMILES string of the molecule is CCC(NC(=O)NC(C)C(C)CO)c1nc(C(F)(F)F)cs1. The number of alkyl halides is 3. The highest BCUT2D eigenvalue weighted by molar-refractivity contribution is 7.09. The van der Waals surface area contributed by atoms with Gasteiger partial charge in [0.05, 0.1) is 6.04 Å². The van der Waals surface area contributed by atoms with Crippen LogP contribution in [0.25, 0.3) is 0 Å². The minimum atomic E-state index is -4.49. The number of urea groups is 1. The molecule has 2 amide bonds. The van der Waals surface area contributed by atoms with Crippen LogP contribution in [0.5, 0.6) is 0 Å². The van der Waals surface area contributed by atoms with Gasteiger partial charge >= 0.3 is 12.2 Å². The predicted molar refractivity (Wildman–Crippen MR) is 77.5 cm³/mol. The van der Waals surface area contributed by atoms with Gasteiger partial charge in [0, 0.05) is 18.0 Å². The molecule has 1 rings (SSSR count). The van der Waals surface area contributed by atoms with E-state index in [1.807, 2.05) is 0 Å². The number of hydrogen-bond acceptors (Lipinski definition) is 4. The van der Waals surface area contributed by atoms with Crippen LogP contribution in [-0.4, -0.2) is 28.8 Å². The molecule has 1 aromatic rings. The van der Waals surface area contributed by atoms with Crippen LogP contribution in [0.2, 0.25) is 0 Å². The quantitative estimate of drug-likeness (QED) is 0.746. The van der Waals surface area contributed by atoms with E-state index in [0.29, 0.717) is 6.42 Å². The van der Waals surface area contributed by atoms with Crippen molar-refractivity contribution in [3.8, 4) is 0 Å². The molecule has 0 saturated carbocycles. The second-order valence-corrected chi connectivity index (χ2v) is 5.99. The first-order chi connectivity index (χ1) is 10.2. The van der Waals surface area contributed by atoms with Crippen LogP contribution < -0.4 is 10.6 Å². The highest BCUT2D eigenvalue weighted by atomic mass is 32.1. The Hall–Kier alpha value is -1.35. The van der Waals surface area contributed by atoms with E-state index < -0.39 is 23.9 Å². The van der Waals surface area contributed by atoms with E-state index in [1.165, 1.54) is 0 Å². The minimum Gasteiger partial charge on any atom is -0.396 e. The Morgan fingerprint density at radius 2 is 2.05 bits per heavy atom. The van der Waals surface area contributed by atoms with Gasteiger partial charge in [-0.3, -0.25) is 0 Å². The second-order valence-electron chi connectivity index (χ2n) is 5.10. The van der Waals surface area contributed by atoms with Crippen molar-refractivity contribution in [1.82, 2.24) is 15.6 Å². The molecular formula is C13H20F3N3O2S. The van der Waals surface area contributed by atoms with E-state index in [1.54, 1.807) is 20.8 Å². The Kier molecular flexibility index (Phi) is 6.61. The van der Waals surface area contributed by atoms with Crippen LogP contribution in [0.1, 0.15) is 43.9 Å². The molecule has 22 heavy (non-hydrogen) atoms. The van der Waals surface area contributed by atoms with Crippen molar-refractivity contribution in [2.24, 2.45) is 5.92 Å². The van der Waals surface area contributed by atoms with Gasteiger partial charge < -0.3 is 15.7 Å². The smallest absolute Gasteiger partial charge is 0.396 e. The van der Waals surface area contributed by atoms with Crippen LogP contribution >= 0.6 is 11.3 Å². The maximum atomic E-state index is 12.6. The average Bonchev–Trinajstić information content (AvgIpc) is 2.93. The van der Waals surface area contributed by atoms with Crippen LogP contribution in [0, 0.1) is 5.92 Å². The van der Waals surface area contributed by atoms with Crippen LogP contribution in [0.4, 0.5) is 18.0 Å². The molecular weight excluding hydrogens is 319 g/mol. The molecule has 1 heterocycles. The summed E-state index contributed by atoms with van der Waals surface area (Å²) in [6.07, 6.45) is -4.07. The molecule has 0 aliphatic carbocycles. The molecule has 3 unspecified atom stereocenters. The summed E-state index contributed by atoms with van der Waals surface area (Å²) in [5, 5.41) is 15.4. The van der Waals surface area contributed by atoms with Gasteiger partial charge in [-0.2, -0.15) is 13.2 Å². The molecule has 9 heteroatoms. The standard InChI is InChI=1S/C13H20F3N3O2S/c1-4-9(11-19-10(6-22-11)13(14,15)16)18-12(21)17-8(3)7(2)5-20/h6-9,20H,4-5H2,1-3H3,(H2,17,18,21). The van der Waals surface area contributed by atoms with Gasteiger partial charge in [-0.15, -0.1) is 11.3 Å². The molecule has 5 nitrogen and oxygen atoms in total. The zero-order valence-corrected chi connectivity index (χ0v) is 13.4. The number of nitrogens with zero attached hydrogens (tertiary/aromatic N) is 1. The molecule has 0 bridgehead atoms. The first kappa shape index (κ1) is 18.7. The number of amides is 2. The Morgan fingerprint density at radius 1 is 1.41 bits per heavy atom. The van der Waals surface area contributed by atoms with E-state index >= 15 is 0 Å². The van der Waals surface area contributed by atoms with Crippen molar-refractivity contribution in [1.29, 1.82) is 0 Å². The van der Waals surface area contributed by atoms with Crippen LogP contribution in [0.3, 0.4) is 0 Å². The van der Waals surface area contributed by atoms with Gasteiger partial charge in [0.15, 0.2) is 5.69 Å². The molecule has 0 radical (unpaired) electrons. The van der Waals surface area contributed by atoms with Gasteiger partial charge in [0.25, 0.3) is 0 Å². The highest BCUT2D eigenvalue weighted by Crippen LogP contribution is 2.32. The number of rotatable bonds is 6. The van der Waals surface area contributed by atoms with Crippen molar-refractivity contribution < 1.29 is 23.1 Å². The van der Waals surface area contributed by atoms with E-state index in [4.69, 9.17) is 5.11 Å². The second kappa shape index (κ2) is 7.77. The zero-order chi connectivity index (χ0) is 16.9. The molecule has 3 N–H and O–H groups in total. The summed E-state index contributed by atoms with van der Waals surface area (Å²) < 4.78 is 37.7. The summed E-state index contributed by atoms with van der Waals surface area (Å²) in [6, 6.07) is -1.34. The van der Waals surface area contributed by atoms with E-state index in [2.05, 4.69) is 15.6 Å². The third-order valence-electron chi connectivity index (χ3n) is 3.32. The number of carbonyl (C=O) groups excluding carboxylic acids is 1. The Morgan fingerprint density at radius 3 is 2.50 bits per heavy atom. The molecule has 1 aromatic heterocycles. The summed E-state index contributed by atoms with van der Waals surface area (Å²) in [5.74, 6) is -0.123. The largest absolute Gasteiger partial charge is 0.434 e. The van der Waals surface area contributed by atoms with Crippen molar-refractivity contribution in [2.45, 2.75) is 45.5 Å². The summed E-state index contributed by atoms with van der Waals surface area (Å²) in [7, 11) is 0. The lowest BCUT2D eigenvalue weighted by Gasteiger charge is -2.21. The van der Waals surface area contributed by atoms with Gasteiger partial charge in [-0.25, -0.2) is 9.78 Å². The summed E-state index contributed by atoms with van der Waals surface area (Å²) in [4.78, 5) is 15.4. The third-order valence-corrected chi connectivity index (χ3v) is 4.28. The van der Waals surface area contributed by atoms with Gasteiger partial charge in [-0.05, 0) is 19.3 Å². The highest BCUT2D eigenvalue weighted by Gasteiger charge is 2.34. The lowest BCUT2D eigenvalue weighted by atomic mass is 10.1. The number of carbonyl (C=O) groups is 1. The zero-order valence-electron chi connectivity index (χ0n) is 12.6. The van der Waals surface area contributed by atoms with Gasteiger partial charge in [-0.1, -0.05) is 13.8 Å². The fraction of sp³-hybridized carbons (Fsp3) is 0.692. The number of aromatic nitrogens is 1. The minimum absolute atomic E-state index is 0.0694. The lowest BCUT2D eigenvalue weighted by Crippen LogP contribution is -2.45. The molecule has 0 fully saturated rings. The average molecular weight is 339 g/mol. The third kappa shape index (κ3) is 5.13. The van der Waals surface area contributed by atoms with Crippen molar-refractivity contribution in [2.75, 3.05) is 6.61 Å². The molecule has 3 atom stereocenters. The van der Waals surface area contributed by atoms with E-state index in [-0.39, 0.29) is 23.6 Å². The number of nitrogens with one attached hydrogen (secondary N) is 2. The van der Waals surface area contributed by atoms with Crippen LogP contribution in [-0.2, 0) is 6.18 Å². The molecule has 0 aliphatic heterocycles. The molecule has 0 aliphatic rings. The molecule has 0 aromatic carbocycles. The maximum Gasteiger partial charge on any atom is 0.434 e. The molecule has 0 spiro atoms. The first-order valence-corrected chi connectivity index (χ1v) is 7.77. The summed E-state index contributed by atoms with van der Waals surface area (Å²) in [6.45, 7) is 5.20. The number of halogens is 3. The Bertz CT molecular complexity index is 493. The van der Waals surface area contributed by atoms with Gasteiger partial charge in [0.1, 0.15) is 5.01 Å². The van der Waals surface area contributed by atoms with E-state index in [9.17, 15) is 18.0 Å². The summed E-state index contributed by atoms with van der Waals surface area (Å²) >= 11 is 0.867. The first-order valence-electron chi connectivity index (χ1n) is 6.89. The Balaban J connectivity index is 2.69. The number of thiazole rings is 1. The topological polar surface area (TPSA) is 74.2 Å². The fourth-order valence-corrected chi connectivity index (χ4v) is 2.58. The van der Waals surface area contributed by atoms with E-state index in [0.717, 1.165) is 16.7 Å². The molecule has 0 saturated heterocycles. The van der Waals surface area contributed by atoms with Crippen LogP contribution in [0.15, 0.2) is 5.38 Å².